The summed E-state index contributed by atoms with van der Waals surface area (Å²) in [7, 11) is -3.82. The van der Waals surface area contributed by atoms with Crippen LogP contribution in [0.4, 0.5) is 17.3 Å². The lowest BCUT2D eigenvalue weighted by Crippen LogP contribution is -2.30. The number of sulfonamides is 1. The quantitative estimate of drug-likeness (QED) is 0.272. The highest BCUT2D eigenvalue weighted by atomic mass is 32.2. The molecule has 4 aromatic heterocycles. The minimum Gasteiger partial charge on any atom is -0.504 e. The van der Waals surface area contributed by atoms with Crippen molar-refractivity contribution in [2.24, 2.45) is 0 Å². The molecule has 4 aromatic rings. The largest absolute Gasteiger partial charge is 0.504 e. The van der Waals surface area contributed by atoms with E-state index >= 15 is 0 Å². The van der Waals surface area contributed by atoms with Crippen molar-refractivity contribution in [1.82, 2.24) is 24.6 Å². The van der Waals surface area contributed by atoms with E-state index in [-0.39, 0.29) is 38.8 Å². The summed E-state index contributed by atoms with van der Waals surface area (Å²) < 4.78 is 31.7. The Morgan fingerprint density at radius 1 is 1.12 bits per heavy atom. The molecule has 0 fully saturated rings. The van der Waals surface area contributed by atoms with Crippen LogP contribution in [0.3, 0.4) is 0 Å². The van der Waals surface area contributed by atoms with Crippen LogP contribution >= 0.6 is 22.7 Å². The third-order valence-electron chi connectivity index (χ3n) is 5.20. The van der Waals surface area contributed by atoms with Crippen LogP contribution in [0.25, 0.3) is 11.3 Å². The van der Waals surface area contributed by atoms with E-state index in [1.54, 1.807) is 25.2 Å². The predicted octanol–water partition coefficient (Wildman–Crippen LogP) is 4.49. The van der Waals surface area contributed by atoms with E-state index in [2.05, 4.69) is 50.0 Å². The molecule has 0 radical (unpaired) electrons. The summed E-state index contributed by atoms with van der Waals surface area (Å²) in [6.45, 7) is 8.20. The lowest BCUT2D eigenvalue weighted by atomic mass is 10.2. The summed E-state index contributed by atoms with van der Waals surface area (Å²) >= 11 is 2.62. The predicted molar refractivity (Wildman–Crippen MR) is 132 cm³/mol. The minimum absolute atomic E-state index is 0.0412. The maximum atomic E-state index is 12.9. The molecule has 0 spiro atoms. The Hall–Kier alpha value is -2.81. The fraction of sp³-hybridized carbons (Fsp3) is 0.400. The second-order valence-electron chi connectivity index (χ2n) is 7.39. The van der Waals surface area contributed by atoms with Crippen LogP contribution in [0, 0.1) is 6.92 Å². The van der Waals surface area contributed by atoms with Gasteiger partial charge in [0.25, 0.3) is 10.0 Å². The fourth-order valence-electron chi connectivity index (χ4n) is 3.42. The zero-order chi connectivity index (χ0) is 24.5. The number of aryl methyl sites for hydroxylation is 1. The molecule has 0 saturated carbocycles. The number of aromatic nitrogens is 4. The van der Waals surface area contributed by atoms with Crippen molar-refractivity contribution >= 4 is 61.3 Å². The fourth-order valence-corrected chi connectivity index (χ4v) is 7.26. The van der Waals surface area contributed by atoms with E-state index in [1.807, 2.05) is 6.92 Å². The number of nitrogens with one attached hydrogen (secondary N) is 2. The number of hydrogen-bond acceptors (Lipinski definition) is 12. The molecule has 0 aromatic carbocycles. The molecule has 11 nitrogen and oxygen atoms in total. The maximum Gasteiger partial charge on any atom is 0.256 e. The van der Waals surface area contributed by atoms with Gasteiger partial charge < -0.3 is 15.7 Å². The van der Waals surface area contributed by atoms with Crippen LogP contribution in [0.15, 0.2) is 26.4 Å². The van der Waals surface area contributed by atoms with Gasteiger partial charge in [-0.05, 0) is 35.8 Å². The molecular formula is C20H25N7O4S3. The molecule has 34 heavy (non-hydrogen) atoms. The topological polar surface area (TPSA) is 146 Å². The maximum absolute atomic E-state index is 12.9. The van der Waals surface area contributed by atoms with Crippen molar-refractivity contribution in [2.75, 3.05) is 23.7 Å². The molecule has 182 valence electrons. The molecule has 0 aliphatic carbocycles. The number of hydrogen-bond donors (Lipinski definition) is 3. The third kappa shape index (κ3) is 4.58. The van der Waals surface area contributed by atoms with Gasteiger partial charge in [0, 0.05) is 28.2 Å². The third-order valence-corrected chi connectivity index (χ3v) is 9.86. The van der Waals surface area contributed by atoms with Gasteiger partial charge >= 0.3 is 0 Å². The Labute approximate surface area is 204 Å². The Morgan fingerprint density at radius 3 is 2.38 bits per heavy atom. The zero-order valence-electron chi connectivity index (χ0n) is 19.1. The summed E-state index contributed by atoms with van der Waals surface area (Å²) in [5.41, 5.74) is 0.604. The highest BCUT2D eigenvalue weighted by Crippen LogP contribution is 2.41. The summed E-state index contributed by atoms with van der Waals surface area (Å²) in [6, 6.07) is 4.08. The van der Waals surface area contributed by atoms with E-state index in [4.69, 9.17) is 4.63 Å². The standard InChI is InChI=1S/C20H25N7O4S3/c1-5-12(14-9-8-11(4)33-14)21-16-17(24-19-18(23-16)25-31-26-19)22-13-10-32-20(15(13)28)34(29,30)27(6-2)7-3/h8-10,12,28H,5-7H2,1-4H3,(H,21,23,25)(H,22,24,26)/t12-/m1/s1. The summed E-state index contributed by atoms with van der Waals surface area (Å²) in [5, 5.41) is 26.2. The van der Waals surface area contributed by atoms with Gasteiger partial charge in [-0.1, -0.05) is 20.8 Å². The van der Waals surface area contributed by atoms with Crippen LogP contribution in [0.1, 0.15) is 43.0 Å². The molecule has 1 atom stereocenters. The Bertz CT molecular complexity index is 1390. The van der Waals surface area contributed by atoms with Gasteiger partial charge in [0.15, 0.2) is 21.6 Å². The molecule has 0 aliphatic heterocycles. The first kappa shape index (κ1) is 24.3. The number of fused-ring (bicyclic) bond motifs is 1. The monoisotopic (exact) mass is 523 g/mol. The smallest absolute Gasteiger partial charge is 0.256 e. The normalized spacial score (nSPS) is 13.0. The highest BCUT2D eigenvalue weighted by molar-refractivity contribution is 7.91. The molecule has 3 N–H and O–H groups in total. The second kappa shape index (κ2) is 9.82. The molecule has 4 rings (SSSR count). The van der Waals surface area contributed by atoms with Crippen molar-refractivity contribution < 1.29 is 18.2 Å². The molecule has 0 amide bonds. The zero-order valence-corrected chi connectivity index (χ0v) is 21.5. The minimum atomic E-state index is -3.82. The molecule has 0 unspecified atom stereocenters. The highest BCUT2D eigenvalue weighted by Gasteiger charge is 2.29. The van der Waals surface area contributed by atoms with Gasteiger partial charge in [0.2, 0.25) is 11.3 Å². The number of rotatable bonds is 10. The van der Waals surface area contributed by atoms with E-state index in [0.717, 1.165) is 22.6 Å². The summed E-state index contributed by atoms with van der Waals surface area (Å²) in [4.78, 5) is 11.2. The molecule has 0 aliphatic rings. The van der Waals surface area contributed by atoms with Crippen LogP contribution < -0.4 is 10.6 Å². The summed E-state index contributed by atoms with van der Waals surface area (Å²) in [6.07, 6.45) is 0.784. The molecule has 0 saturated heterocycles. The first-order valence-corrected chi connectivity index (χ1v) is 13.8. The first-order valence-electron chi connectivity index (χ1n) is 10.7. The average molecular weight is 524 g/mol. The Balaban J connectivity index is 1.71. The molecule has 0 bridgehead atoms. The lowest BCUT2D eigenvalue weighted by molar-refractivity contribution is 0.314. The van der Waals surface area contributed by atoms with Crippen LogP contribution in [-0.2, 0) is 10.0 Å². The summed E-state index contributed by atoms with van der Waals surface area (Å²) in [5.74, 6) is 0.263. The number of aromatic hydroxyl groups is 1. The van der Waals surface area contributed by atoms with E-state index in [9.17, 15) is 13.5 Å². The van der Waals surface area contributed by atoms with Crippen molar-refractivity contribution in [2.45, 2.75) is 44.4 Å². The van der Waals surface area contributed by atoms with E-state index < -0.39 is 10.0 Å². The van der Waals surface area contributed by atoms with Gasteiger partial charge in [-0.3, -0.25) is 0 Å². The van der Waals surface area contributed by atoms with Crippen molar-refractivity contribution in [3.63, 3.8) is 0 Å². The Kier molecular flexibility index (Phi) is 7.02. The van der Waals surface area contributed by atoms with Gasteiger partial charge in [0.1, 0.15) is 0 Å². The van der Waals surface area contributed by atoms with Gasteiger partial charge in [-0.15, -0.1) is 22.7 Å². The average Bonchev–Trinajstić information content (AvgIpc) is 3.53. The molecule has 4 heterocycles. The van der Waals surface area contributed by atoms with Gasteiger partial charge in [0.05, 0.1) is 11.7 Å². The van der Waals surface area contributed by atoms with Crippen LogP contribution in [0.5, 0.6) is 5.75 Å². The number of anilines is 3. The van der Waals surface area contributed by atoms with Gasteiger partial charge in [-0.2, -0.15) is 4.31 Å². The second-order valence-corrected chi connectivity index (χ2v) is 11.7. The van der Waals surface area contributed by atoms with E-state index in [0.29, 0.717) is 18.9 Å². The van der Waals surface area contributed by atoms with E-state index in [1.165, 1.54) is 14.6 Å². The first-order chi connectivity index (χ1) is 16.3. The van der Waals surface area contributed by atoms with Crippen molar-refractivity contribution in [1.29, 1.82) is 0 Å². The van der Waals surface area contributed by atoms with Gasteiger partial charge in [-0.25, -0.2) is 23.0 Å². The lowest BCUT2D eigenvalue weighted by Gasteiger charge is -2.18. The number of nitrogens with zero attached hydrogens (tertiary/aromatic N) is 5. The van der Waals surface area contributed by atoms with Crippen molar-refractivity contribution in [3.8, 4) is 5.75 Å². The SMILES string of the molecule is CC[C@@H](Nc1nc2nonc2nc1Nc1csc(S(=O)(=O)N(CC)CC)c1O)c1ccc(C)s1. The van der Waals surface area contributed by atoms with Crippen LogP contribution in [-0.4, -0.2) is 51.2 Å². The Morgan fingerprint density at radius 2 is 1.79 bits per heavy atom. The van der Waals surface area contributed by atoms with Crippen LogP contribution in [0.2, 0.25) is 0 Å². The molecular weight excluding hydrogens is 498 g/mol. The number of thiophene rings is 2. The van der Waals surface area contributed by atoms with Crippen molar-refractivity contribution in [3.05, 3.63) is 27.3 Å². The molecule has 14 heteroatoms.